The van der Waals surface area contributed by atoms with Gasteiger partial charge in [-0.1, -0.05) is 30.3 Å². The molecule has 0 spiro atoms. The zero-order valence-corrected chi connectivity index (χ0v) is 14.6. The van der Waals surface area contributed by atoms with Crippen LogP contribution in [0.1, 0.15) is 41.7 Å². The van der Waals surface area contributed by atoms with Crippen molar-refractivity contribution in [2.75, 3.05) is 19.6 Å². The van der Waals surface area contributed by atoms with Gasteiger partial charge in [0.05, 0.1) is 0 Å². The number of aromatic amines is 1. The third-order valence-corrected chi connectivity index (χ3v) is 5.72. The fourth-order valence-corrected chi connectivity index (χ4v) is 4.40. The van der Waals surface area contributed by atoms with Crippen LogP contribution in [-0.4, -0.2) is 51.6 Å². The number of rotatable bonds is 4. The summed E-state index contributed by atoms with van der Waals surface area (Å²) < 4.78 is 0. The lowest BCUT2D eigenvalue weighted by Crippen LogP contribution is -2.44. The number of carbonyl (C=O) groups is 1. The maximum Gasteiger partial charge on any atom is 0.272 e. The summed E-state index contributed by atoms with van der Waals surface area (Å²) in [7, 11) is 0. The first-order valence-corrected chi connectivity index (χ1v) is 9.38. The second-order valence-corrected chi connectivity index (χ2v) is 7.28. The number of aromatic nitrogens is 2. The highest BCUT2D eigenvalue weighted by atomic mass is 16.2. The predicted octanol–water partition coefficient (Wildman–Crippen LogP) is 2.93. The fraction of sp³-hybridized carbons (Fsp3) is 0.500. The molecule has 0 saturated carbocycles. The van der Waals surface area contributed by atoms with E-state index in [1.807, 2.05) is 0 Å². The molecule has 1 amide bonds. The molecule has 2 aromatic rings. The number of piperidine rings is 1. The molecule has 25 heavy (non-hydrogen) atoms. The molecule has 2 aliphatic heterocycles. The van der Waals surface area contributed by atoms with Gasteiger partial charge < -0.3 is 4.90 Å². The summed E-state index contributed by atoms with van der Waals surface area (Å²) in [6.45, 7) is 4.17. The third kappa shape index (κ3) is 3.61. The number of likely N-dealkylation sites (tertiary alicyclic amines) is 2. The summed E-state index contributed by atoms with van der Waals surface area (Å²) >= 11 is 0. The minimum atomic E-state index is 0.117. The van der Waals surface area contributed by atoms with E-state index >= 15 is 0 Å². The summed E-state index contributed by atoms with van der Waals surface area (Å²) in [5, 5.41) is 6.75. The van der Waals surface area contributed by atoms with Crippen molar-refractivity contribution in [3.05, 3.63) is 53.9 Å². The first-order chi connectivity index (χ1) is 12.3. The molecule has 3 heterocycles. The van der Waals surface area contributed by atoms with Crippen molar-refractivity contribution in [3.63, 3.8) is 0 Å². The topological polar surface area (TPSA) is 52.2 Å². The average Bonchev–Trinajstić information content (AvgIpc) is 3.35. The molecule has 1 aromatic carbocycles. The van der Waals surface area contributed by atoms with Crippen LogP contribution in [0.4, 0.5) is 0 Å². The molecule has 132 valence electrons. The molecule has 1 aromatic heterocycles. The van der Waals surface area contributed by atoms with E-state index in [0.717, 1.165) is 39.0 Å². The van der Waals surface area contributed by atoms with E-state index in [-0.39, 0.29) is 5.91 Å². The first kappa shape index (κ1) is 16.3. The number of nitrogens with zero attached hydrogens (tertiary/aromatic N) is 3. The van der Waals surface area contributed by atoms with Crippen LogP contribution in [-0.2, 0) is 6.54 Å². The Bertz CT molecular complexity index is 677. The van der Waals surface area contributed by atoms with Crippen LogP contribution in [0.25, 0.3) is 0 Å². The van der Waals surface area contributed by atoms with Gasteiger partial charge in [-0.3, -0.25) is 14.8 Å². The second-order valence-electron chi connectivity index (χ2n) is 7.28. The van der Waals surface area contributed by atoms with E-state index < -0.39 is 0 Å². The number of benzene rings is 1. The van der Waals surface area contributed by atoms with Crippen molar-refractivity contribution in [1.82, 2.24) is 20.0 Å². The Kier molecular flexibility index (Phi) is 4.83. The number of nitrogens with one attached hydrogen (secondary N) is 1. The van der Waals surface area contributed by atoms with Crippen molar-refractivity contribution in [2.45, 2.75) is 38.3 Å². The van der Waals surface area contributed by atoms with Crippen LogP contribution in [0.3, 0.4) is 0 Å². The van der Waals surface area contributed by atoms with Gasteiger partial charge in [-0.15, -0.1) is 0 Å². The molecule has 5 heteroatoms. The Morgan fingerprint density at radius 1 is 1.08 bits per heavy atom. The monoisotopic (exact) mass is 338 g/mol. The van der Waals surface area contributed by atoms with Crippen LogP contribution in [0.5, 0.6) is 0 Å². The van der Waals surface area contributed by atoms with Gasteiger partial charge >= 0.3 is 0 Å². The standard InChI is InChI=1S/C20H26N4O/c25-20(18-8-11-21-22-18)24-12-4-7-19(24)17-9-13-23(14-10-17)15-16-5-2-1-3-6-16/h1-3,5-6,8,11,17,19H,4,7,9-10,12-15H2,(H,21,22)/t19-/m1/s1. The van der Waals surface area contributed by atoms with E-state index in [1.54, 1.807) is 12.3 Å². The minimum Gasteiger partial charge on any atom is -0.334 e. The zero-order chi connectivity index (χ0) is 17.1. The van der Waals surface area contributed by atoms with Gasteiger partial charge in [0.25, 0.3) is 5.91 Å². The lowest BCUT2D eigenvalue weighted by molar-refractivity contribution is 0.0609. The maximum absolute atomic E-state index is 12.7. The van der Waals surface area contributed by atoms with E-state index in [9.17, 15) is 4.79 Å². The first-order valence-electron chi connectivity index (χ1n) is 9.38. The highest BCUT2D eigenvalue weighted by Crippen LogP contribution is 2.32. The number of carbonyl (C=O) groups excluding carboxylic acids is 1. The van der Waals surface area contributed by atoms with Gasteiger partial charge in [-0.05, 0) is 56.3 Å². The Hall–Kier alpha value is -2.14. The number of amides is 1. The molecule has 5 nitrogen and oxygen atoms in total. The number of hydrogen-bond acceptors (Lipinski definition) is 3. The summed E-state index contributed by atoms with van der Waals surface area (Å²) in [5.41, 5.74) is 2.01. The van der Waals surface area contributed by atoms with E-state index in [1.165, 1.54) is 18.4 Å². The highest BCUT2D eigenvalue weighted by Gasteiger charge is 2.36. The van der Waals surface area contributed by atoms with Gasteiger partial charge in [0.1, 0.15) is 5.69 Å². The Morgan fingerprint density at radius 3 is 2.60 bits per heavy atom. The van der Waals surface area contributed by atoms with Gasteiger partial charge in [0.15, 0.2) is 0 Å². The van der Waals surface area contributed by atoms with Crippen LogP contribution in [0, 0.1) is 5.92 Å². The van der Waals surface area contributed by atoms with Crippen LogP contribution in [0.2, 0.25) is 0 Å². The van der Waals surface area contributed by atoms with Crippen LogP contribution in [0.15, 0.2) is 42.6 Å². The molecule has 0 aliphatic carbocycles. The summed E-state index contributed by atoms with van der Waals surface area (Å²) in [6.07, 6.45) is 6.28. The largest absolute Gasteiger partial charge is 0.334 e. The Morgan fingerprint density at radius 2 is 1.88 bits per heavy atom. The quantitative estimate of drug-likeness (QED) is 0.932. The second kappa shape index (κ2) is 7.40. The minimum absolute atomic E-state index is 0.117. The molecule has 1 atom stereocenters. The van der Waals surface area contributed by atoms with Gasteiger partial charge in [-0.2, -0.15) is 5.10 Å². The SMILES string of the molecule is O=C(c1ccn[nH]1)N1CCC[C@@H]1C1CCN(Cc2ccccc2)CC1. The van der Waals surface area contributed by atoms with Crippen molar-refractivity contribution >= 4 is 5.91 Å². The number of hydrogen-bond donors (Lipinski definition) is 1. The highest BCUT2D eigenvalue weighted by molar-refractivity contribution is 5.92. The smallest absolute Gasteiger partial charge is 0.272 e. The van der Waals surface area contributed by atoms with Crippen molar-refractivity contribution < 1.29 is 4.79 Å². The molecule has 2 saturated heterocycles. The van der Waals surface area contributed by atoms with Crippen molar-refractivity contribution in [3.8, 4) is 0 Å². The zero-order valence-electron chi connectivity index (χ0n) is 14.6. The lowest BCUT2D eigenvalue weighted by atomic mass is 9.87. The molecule has 2 aliphatic rings. The molecular weight excluding hydrogens is 312 g/mol. The molecular formula is C20H26N4O. The molecule has 0 radical (unpaired) electrons. The summed E-state index contributed by atoms with van der Waals surface area (Å²) in [5.74, 6) is 0.744. The van der Waals surface area contributed by atoms with Crippen LogP contribution >= 0.6 is 0 Å². The Labute approximate surface area is 149 Å². The normalized spacial score (nSPS) is 22.4. The van der Waals surface area contributed by atoms with Gasteiger partial charge in [-0.25, -0.2) is 0 Å². The molecule has 4 rings (SSSR count). The van der Waals surface area contributed by atoms with Crippen molar-refractivity contribution in [2.24, 2.45) is 5.92 Å². The molecule has 0 unspecified atom stereocenters. The summed E-state index contributed by atoms with van der Waals surface area (Å²) in [4.78, 5) is 17.3. The van der Waals surface area contributed by atoms with E-state index in [4.69, 9.17) is 0 Å². The van der Waals surface area contributed by atoms with Gasteiger partial charge in [0.2, 0.25) is 0 Å². The average molecular weight is 338 g/mol. The fourth-order valence-electron chi connectivity index (χ4n) is 4.40. The van der Waals surface area contributed by atoms with E-state index in [0.29, 0.717) is 17.7 Å². The van der Waals surface area contributed by atoms with E-state index in [2.05, 4.69) is 50.3 Å². The summed E-state index contributed by atoms with van der Waals surface area (Å²) in [6, 6.07) is 12.9. The Balaban J connectivity index is 1.34. The lowest BCUT2D eigenvalue weighted by Gasteiger charge is -2.38. The van der Waals surface area contributed by atoms with Gasteiger partial charge in [0, 0.05) is 25.3 Å². The molecule has 2 fully saturated rings. The third-order valence-electron chi connectivity index (χ3n) is 5.72. The molecule has 1 N–H and O–H groups in total. The van der Waals surface area contributed by atoms with Crippen LogP contribution < -0.4 is 0 Å². The van der Waals surface area contributed by atoms with Crippen molar-refractivity contribution in [1.29, 1.82) is 0 Å². The maximum atomic E-state index is 12.7. The predicted molar refractivity (Wildman–Crippen MR) is 97.1 cm³/mol. The molecule has 0 bridgehead atoms. The number of H-pyrrole nitrogens is 1.